The van der Waals surface area contributed by atoms with E-state index < -0.39 is 43.1 Å². The second-order valence-electron chi connectivity index (χ2n) is 21.8. The number of hydrogen-bond acceptors (Lipinski definition) is 14. The van der Waals surface area contributed by atoms with Crippen molar-refractivity contribution in [3.05, 3.63) is 106 Å². The predicted molar refractivity (Wildman–Crippen MR) is 275 cm³/mol. The van der Waals surface area contributed by atoms with Crippen molar-refractivity contribution < 1.29 is 37.5 Å². The van der Waals surface area contributed by atoms with Crippen molar-refractivity contribution in [1.82, 2.24) is 19.6 Å². The summed E-state index contributed by atoms with van der Waals surface area (Å²) in [6.07, 6.45) is 7.78. The number of amides is 1. The van der Waals surface area contributed by atoms with Crippen molar-refractivity contribution in [2.45, 2.75) is 113 Å². The van der Waals surface area contributed by atoms with E-state index in [-0.39, 0.29) is 28.6 Å². The third kappa shape index (κ3) is 9.40. The van der Waals surface area contributed by atoms with Gasteiger partial charge in [-0.3, -0.25) is 19.8 Å². The molecule has 1 saturated carbocycles. The third-order valence-corrected chi connectivity index (χ3v) is 18.0. The van der Waals surface area contributed by atoms with Crippen LogP contribution in [0.1, 0.15) is 105 Å². The maximum Gasteiger partial charge on any atom is 0.293 e. The average molecular weight is 1000 g/mol. The number of rotatable bonds is 12. The van der Waals surface area contributed by atoms with Crippen molar-refractivity contribution in [2.24, 2.45) is 11.3 Å². The van der Waals surface area contributed by atoms with Crippen LogP contribution in [0.3, 0.4) is 0 Å². The molecule has 72 heavy (non-hydrogen) atoms. The molecular formula is C54H66N8O9S. The van der Waals surface area contributed by atoms with E-state index in [4.69, 9.17) is 19.2 Å². The van der Waals surface area contributed by atoms with Crippen molar-refractivity contribution in [3.63, 3.8) is 0 Å². The number of aliphatic hydroxyl groups is 1. The summed E-state index contributed by atoms with van der Waals surface area (Å²) in [6.45, 7) is 12.8. The van der Waals surface area contributed by atoms with Gasteiger partial charge in [0.1, 0.15) is 23.1 Å². The molecule has 11 rings (SSSR count). The van der Waals surface area contributed by atoms with Crippen LogP contribution in [0, 0.1) is 21.4 Å². The quantitative estimate of drug-likeness (QED) is 0.0687. The van der Waals surface area contributed by atoms with E-state index in [1.54, 1.807) is 6.07 Å². The molecular weight excluding hydrogens is 937 g/mol. The van der Waals surface area contributed by atoms with Crippen LogP contribution >= 0.6 is 0 Å². The number of nitro benzene ring substituents is 1. The average Bonchev–Trinajstić information content (AvgIpc) is 3.83. The standard InChI is InChI=1S/C54H66N8O9S/c1-34(2)39-6-4-5-7-40(39)42-30-69-24-15-44(42)60-32-54(33-60)19-22-59(23-20-54)37-8-10-41(46(27-37)61-45-16-25-70-31-49(45)71-52-48(61)26-36-14-21-55-50(36)57-52)51(63)58-72(67,68)38-9-11-43(47(28-38)62(65)66)56-29-35-12-17-53(3,64)18-13-35/h4-11,14,21,26-28,34-35,42,44-45,49,56,64H,12-13,15-20,22-25,29-33H2,1-3H3,(H,55,57)(H,58,63)/t35?,42-,44+,45-,49-,53?/m0/s1. The molecule has 0 radical (unpaired) electrons. The highest BCUT2D eigenvalue weighted by atomic mass is 32.2. The minimum atomic E-state index is -4.62. The van der Waals surface area contributed by atoms with Gasteiger partial charge in [-0.1, -0.05) is 38.1 Å². The number of sulfonamides is 1. The molecule has 6 aliphatic rings. The third-order valence-electron chi connectivity index (χ3n) is 16.6. The van der Waals surface area contributed by atoms with E-state index >= 15 is 0 Å². The Balaban J connectivity index is 0.864. The molecule has 1 spiro atoms. The number of ether oxygens (including phenoxy) is 3. The SMILES string of the molecule is CC(C)c1ccccc1[C@@H]1COCC[C@H]1N1CC2(CCN(c3ccc(C(=O)NS(=O)(=O)c4ccc(NCC5CCC(C)(O)CC5)c([N+](=O)[O-])c4)c(N4c5cc6cc[nH]c6nc5O[C@H]5COCC[C@@H]54)c3)CC2)C1. The lowest BCUT2D eigenvalue weighted by Gasteiger charge is -2.58. The summed E-state index contributed by atoms with van der Waals surface area (Å²) >= 11 is 0. The molecule has 7 heterocycles. The van der Waals surface area contributed by atoms with Crippen LogP contribution in [0.15, 0.2) is 83.9 Å². The van der Waals surface area contributed by atoms with Crippen LogP contribution in [0.5, 0.6) is 5.88 Å². The van der Waals surface area contributed by atoms with Gasteiger partial charge in [-0.05, 0) is 129 Å². The van der Waals surface area contributed by atoms with Gasteiger partial charge in [0.05, 0.1) is 45.9 Å². The van der Waals surface area contributed by atoms with E-state index in [2.05, 4.69) is 67.8 Å². The van der Waals surface area contributed by atoms with Crippen molar-refractivity contribution in [1.29, 1.82) is 0 Å². The molecule has 3 aromatic carbocycles. The number of benzene rings is 3. The Hall–Kier alpha value is -5.79. The molecule has 5 aliphatic heterocycles. The highest BCUT2D eigenvalue weighted by molar-refractivity contribution is 7.90. The van der Waals surface area contributed by atoms with Gasteiger partial charge in [0.2, 0.25) is 5.88 Å². The number of aromatic amines is 1. The van der Waals surface area contributed by atoms with Gasteiger partial charge in [-0.15, -0.1) is 0 Å². The number of pyridine rings is 1. The number of carbonyl (C=O) groups is 1. The van der Waals surface area contributed by atoms with Crippen LogP contribution in [0.25, 0.3) is 11.0 Å². The Morgan fingerprint density at radius 3 is 2.44 bits per heavy atom. The van der Waals surface area contributed by atoms with Crippen molar-refractivity contribution in [2.75, 3.05) is 74.3 Å². The second kappa shape index (κ2) is 19.2. The zero-order valence-electron chi connectivity index (χ0n) is 41.3. The summed E-state index contributed by atoms with van der Waals surface area (Å²) in [5.41, 5.74) is 4.88. The maximum atomic E-state index is 14.7. The lowest BCUT2D eigenvalue weighted by Crippen LogP contribution is -2.64. The summed E-state index contributed by atoms with van der Waals surface area (Å²) in [5.74, 6) is 0.457. The molecule has 4 N–H and O–H groups in total. The first-order valence-corrected chi connectivity index (χ1v) is 27.3. The molecule has 1 aliphatic carbocycles. The Morgan fingerprint density at radius 1 is 0.931 bits per heavy atom. The van der Waals surface area contributed by atoms with E-state index in [9.17, 15) is 28.4 Å². The molecule has 5 fully saturated rings. The predicted octanol–water partition coefficient (Wildman–Crippen LogP) is 8.23. The number of carbonyl (C=O) groups excluding carboxylic acids is 1. The topological polar surface area (TPSA) is 205 Å². The molecule has 382 valence electrons. The number of nitrogens with zero attached hydrogens (tertiary/aromatic N) is 5. The Labute approximate surface area is 420 Å². The molecule has 4 atom stereocenters. The lowest BCUT2D eigenvalue weighted by atomic mass is 9.69. The smallest absolute Gasteiger partial charge is 0.293 e. The highest BCUT2D eigenvalue weighted by Crippen LogP contribution is 2.49. The maximum absolute atomic E-state index is 14.7. The largest absolute Gasteiger partial charge is 0.468 e. The molecule has 2 aromatic heterocycles. The second-order valence-corrected chi connectivity index (χ2v) is 23.5. The number of piperidine rings is 1. The Bertz CT molecular complexity index is 2950. The monoisotopic (exact) mass is 1000 g/mol. The van der Waals surface area contributed by atoms with Gasteiger partial charge in [0.15, 0.2) is 0 Å². The van der Waals surface area contributed by atoms with Gasteiger partial charge in [-0.25, -0.2) is 13.1 Å². The molecule has 4 saturated heterocycles. The Kier molecular flexibility index (Phi) is 13.0. The fraction of sp³-hybridized carbons (Fsp3) is 0.519. The molecule has 0 unspecified atom stereocenters. The van der Waals surface area contributed by atoms with Crippen LogP contribution in [0.2, 0.25) is 0 Å². The minimum Gasteiger partial charge on any atom is -0.468 e. The van der Waals surface area contributed by atoms with E-state index in [1.807, 2.05) is 37.4 Å². The summed E-state index contributed by atoms with van der Waals surface area (Å²) in [5, 5.41) is 26.8. The summed E-state index contributed by atoms with van der Waals surface area (Å²) in [6, 6.07) is 22.1. The van der Waals surface area contributed by atoms with Crippen LogP contribution in [-0.2, 0) is 19.5 Å². The van der Waals surface area contributed by atoms with Gasteiger partial charge in [-0.2, -0.15) is 4.98 Å². The van der Waals surface area contributed by atoms with Crippen molar-refractivity contribution in [3.8, 4) is 5.88 Å². The highest BCUT2D eigenvalue weighted by Gasteiger charge is 2.50. The van der Waals surface area contributed by atoms with Gasteiger partial charge in [0.25, 0.3) is 21.6 Å². The minimum absolute atomic E-state index is 0.113. The van der Waals surface area contributed by atoms with Gasteiger partial charge in [0, 0.05) is 81.2 Å². The number of nitro groups is 1. The van der Waals surface area contributed by atoms with Crippen LogP contribution in [0.4, 0.5) is 28.4 Å². The first-order valence-electron chi connectivity index (χ1n) is 25.8. The number of H-pyrrole nitrogens is 1. The summed E-state index contributed by atoms with van der Waals surface area (Å²) < 4.78 is 49.2. The van der Waals surface area contributed by atoms with Gasteiger partial charge < -0.3 is 39.4 Å². The zero-order chi connectivity index (χ0) is 49.9. The fourth-order valence-corrected chi connectivity index (χ4v) is 13.5. The van der Waals surface area contributed by atoms with Crippen LogP contribution < -0.4 is 24.6 Å². The van der Waals surface area contributed by atoms with E-state index in [0.717, 1.165) is 88.6 Å². The lowest BCUT2D eigenvalue weighted by molar-refractivity contribution is -0.384. The van der Waals surface area contributed by atoms with E-state index in [0.29, 0.717) is 79.8 Å². The van der Waals surface area contributed by atoms with E-state index in [1.165, 1.54) is 23.3 Å². The number of anilines is 4. The number of aromatic nitrogens is 2. The number of fused-ring (bicyclic) bond motifs is 3. The Morgan fingerprint density at radius 2 is 1.68 bits per heavy atom. The number of hydrogen-bond donors (Lipinski definition) is 4. The molecule has 1 amide bonds. The normalized spacial score (nSPS) is 26.4. The molecule has 18 heteroatoms. The van der Waals surface area contributed by atoms with Crippen molar-refractivity contribution >= 4 is 55.4 Å². The molecule has 0 bridgehead atoms. The fourth-order valence-electron chi connectivity index (χ4n) is 12.5. The summed E-state index contributed by atoms with van der Waals surface area (Å²) in [7, 11) is -4.62. The van der Waals surface area contributed by atoms with Crippen LogP contribution in [-0.4, -0.2) is 122 Å². The summed E-state index contributed by atoms with van der Waals surface area (Å²) in [4.78, 5) is 41.2. The molecule has 5 aromatic rings. The number of nitrogens with one attached hydrogen (secondary N) is 3. The number of likely N-dealkylation sites (tertiary alicyclic amines) is 1. The zero-order valence-corrected chi connectivity index (χ0v) is 42.2. The first kappa shape index (κ1) is 48.5. The first-order chi connectivity index (χ1) is 34.6. The van der Waals surface area contributed by atoms with Gasteiger partial charge >= 0.3 is 0 Å². The molecule has 17 nitrogen and oxygen atoms in total.